The molecule has 1 rings (SSSR count). The molecule has 1 heterocycles. The van der Waals surface area contributed by atoms with Gasteiger partial charge in [-0.3, -0.25) is 9.59 Å². The summed E-state index contributed by atoms with van der Waals surface area (Å²) in [6, 6.07) is 3.40. The van der Waals surface area contributed by atoms with Gasteiger partial charge in [0.25, 0.3) is 5.56 Å². The maximum absolute atomic E-state index is 11.7. The second kappa shape index (κ2) is 6.96. The number of hydrogen-bond acceptors (Lipinski definition) is 3. The second-order valence-electron chi connectivity index (χ2n) is 4.28. The molecule has 0 radical (unpaired) electrons. The molecule has 2 N–H and O–H groups in total. The molecule has 1 unspecified atom stereocenters. The van der Waals surface area contributed by atoms with Crippen molar-refractivity contribution >= 4 is 11.6 Å². The van der Waals surface area contributed by atoms with Crippen molar-refractivity contribution < 1.29 is 4.79 Å². The van der Waals surface area contributed by atoms with Gasteiger partial charge >= 0.3 is 0 Å². The van der Waals surface area contributed by atoms with Gasteiger partial charge in [-0.25, -0.2) is 0 Å². The van der Waals surface area contributed by atoms with Crippen LogP contribution in [-0.4, -0.2) is 23.1 Å². The van der Waals surface area contributed by atoms with Crippen molar-refractivity contribution in [3.63, 3.8) is 0 Å². The van der Waals surface area contributed by atoms with Crippen molar-refractivity contribution in [3.05, 3.63) is 28.7 Å². The molecule has 0 saturated heterocycles. The van der Waals surface area contributed by atoms with Crippen LogP contribution in [-0.2, 0) is 11.3 Å². The summed E-state index contributed by atoms with van der Waals surface area (Å²) in [5.74, 6) is -0.100. The summed E-state index contributed by atoms with van der Waals surface area (Å²) in [6.45, 7) is 6.85. The smallest absolute Gasteiger partial charge is 0.250 e. The van der Waals surface area contributed by atoms with Crippen LogP contribution < -0.4 is 16.2 Å². The van der Waals surface area contributed by atoms with Gasteiger partial charge < -0.3 is 15.2 Å². The summed E-state index contributed by atoms with van der Waals surface area (Å²) in [7, 11) is 0. The normalized spacial score (nSPS) is 12.2. The lowest BCUT2D eigenvalue weighted by Crippen LogP contribution is -2.34. The lowest BCUT2D eigenvalue weighted by molar-refractivity contribution is -0.115. The van der Waals surface area contributed by atoms with Crippen LogP contribution in [0.4, 0.5) is 5.69 Å². The first-order valence-electron chi connectivity index (χ1n) is 6.30. The number of rotatable bonds is 6. The van der Waals surface area contributed by atoms with Gasteiger partial charge in [-0.1, -0.05) is 6.92 Å². The maximum atomic E-state index is 11.7. The highest BCUT2D eigenvalue weighted by atomic mass is 16.2. The van der Waals surface area contributed by atoms with Gasteiger partial charge in [0.2, 0.25) is 5.91 Å². The highest BCUT2D eigenvalue weighted by Crippen LogP contribution is 2.02. The van der Waals surface area contributed by atoms with E-state index in [9.17, 15) is 9.59 Å². The van der Waals surface area contributed by atoms with Gasteiger partial charge in [0.1, 0.15) is 0 Å². The number of amides is 1. The first-order chi connectivity index (χ1) is 8.56. The summed E-state index contributed by atoms with van der Waals surface area (Å²) >= 11 is 0. The first-order valence-corrected chi connectivity index (χ1v) is 6.30. The van der Waals surface area contributed by atoms with Crippen LogP contribution in [0.2, 0.25) is 0 Å². The van der Waals surface area contributed by atoms with Gasteiger partial charge in [0.15, 0.2) is 0 Å². The molecule has 5 heteroatoms. The minimum Gasteiger partial charge on any atom is -0.324 e. The molecule has 18 heavy (non-hydrogen) atoms. The third-order valence-electron chi connectivity index (χ3n) is 2.83. The molecule has 1 aromatic heterocycles. The third-order valence-corrected chi connectivity index (χ3v) is 2.83. The molecule has 100 valence electrons. The molecule has 0 saturated carbocycles. The number of nitrogens with zero attached hydrogens (tertiary/aromatic N) is 1. The Bertz CT molecular complexity index is 454. The van der Waals surface area contributed by atoms with Crippen LogP contribution in [0.5, 0.6) is 0 Å². The number of nitrogens with one attached hydrogen (secondary N) is 2. The van der Waals surface area contributed by atoms with E-state index in [0.717, 1.165) is 6.42 Å². The number of pyridine rings is 1. The fraction of sp³-hybridized carbons (Fsp3) is 0.538. The summed E-state index contributed by atoms with van der Waals surface area (Å²) in [5, 5.41) is 5.87. The average Bonchev–Trinajstić information content (AvgIpc) is 2.38. The Morgan fingerprint density at radius 3 is 2.72 bits per heavy atom. The standard InChI is InChI=1S/C13H21N3O2/c1-4-10(3)14-8-12(17)15-11-6-7-13(18)16(5-2)9-11/h6-7,9-10,14H,4-5,8H2,1-3H3,(H,15,17). The van der Waals surface area contributed by atoms with Crippen LogP contribution in [0.15, 0.2) is 23.1 Å². The van der Waals surface area contributed by atoms with Crippen LogP contribution in [0, 0.1) is 0 Å². The molecule has 0 fully saturated rings. The van der Waals surface area contributed by atoms with Crippen molar-refractivity contribution in [2.45, 2.75) is 39.8 Å². The highest BCUT2D eigenvalue weighted by Gasteiger charge is 2.05. The molecule has 1 amide bonds. The Labute approximate surface area is 107 Å². The largest absolute Gasteiger partial charge is 0.324 e. The van der Waals surface area contributed by atoms with Crippen LogP contribution in [0.3, 0.4) is 0 Å². The predicted octanol–water partition coefficient (Wildman–Crippen LogP) is 1.19. The first kappa shape index (κ1) is 14.4. The Balaban J connectivity index is 2.57. The van der Waals surface area contributed by atoms with E-state index in [1.807, 2.05) is 13.8 Å². The maximum Gasteiger partial charge on any atom is 0.250 e. The molecule has 0 aromatic carbocycles. The number of aromatic nitrogens is 1. The summed E-state index contributed by atoms with van der Waals surface area (Å²) in [4.78, 5) is 23.0. The van der Waals surface area contributed by atoms with Gasteiger partial charge in [-0.05, 0) is 26.3 Å². The molecular formula is C13H21N3O2. The van der Waals surface area contributed by atoms with Gasteiger partial charge in [0.05, 0.1) is 12.2 Å². The Kier molecular flexibility index (Phi) is 5.58. The monoisotopic (exact) mass is 251 g/mol. The molecule has 5 nitrogen and oxygen atoms in total. The molecule has 0 aliphatic rings. The molecule has 0 bridgehead atoms. The quantitative estimate of drug-likeness (QED) is 0.798. The van der Waals surface area contributed by atoms with Crippen LogP contribution in [0.25, 0.3) is 0 Å². The number of aryl methyl sites for hydroxylation is 1. The lowest BCUT2D eigenvalue weighted by atomic mass is 10.2. The Hall–Kier alpha value is -1.62. The highest BCUT2D eigenvalue weighted by molar-refractivity contribution is 5.92. The van der Waals surface area contributed by atoms with Crippen molar-refractivity contribution in [3.8, 4) is 0 Å². The zero-order chi connectivity index (χ0) is 13.5. The van der Waals surface area contributed by atoms with Crippen molar-refractivity contribution in [1.82, 2.24) is 9.88 Å². The minimum absolute atomic E-state index is 0.0618. The van der Waals surface area contributed by atoms with Crippen molar-refractivity contribution in [1.29, 1.82) is 0 Å². The minimum atomic E-state index is -0.100. The van der Waals surface area contributed by atoms with E-state index in [-0.39, 0.29) is 18.0 Å². The van der Waals surface area contributed by atoms with Gasteiger partial charge in [0, 0.05) is 24.8 Å². The fourth-order valence-electron chi connectivity index (χ4n) is 1.47. The summed E-state index contributed by atoms with van der Waals surface area (Å²) < 4.78 is 1.55. The predicted molar refractivity (Wildman–Crippen MR) is 72.8 cm³/mol. The molecule has 1 atom stereocenters. The average molecular weight is 251 g/mol. The van der Waals surface area contributed by atoms with E-state index < -0.39 is 0 Å². The Morgan fingerprint density at radius 1 is 1.39 bits per heavy atom. The van der Waals surface area contributed by atoms with E-state index in [2.05, 4.69) is 17.6 Å². The SMILES string of the molecule is CCC(C)NCC(=O)Nc1ccc(=O)n(CC)c1. The zero-order valence-corrected chi connectivity index (χ0v) is 11.2. The topological polar surface area (TPSA) is 63.1 Å². The van der Waals surface area contributed by atoms with Crippen molar-refractivity contribution in [2.75, 3.05) is 11.9 Å². The number of hydrogen-bond donors (Lipinski definition) is 2. The lowest BCUT2D eigenvalue weighted by Gasteiger charge is -2.12. The summed E-state index contributed by atoms with van der Waals surface area (Å²) in [5.41, 5.74) is 0.584. The summed E-state index contributed by atoms with van der Waals surface area (Å²) in [6.07, 6.45) is 2.64. The van der Waals surface area contributed by atoms with Gasteiger partial charge in [-0.15, -0.1) is 0 Å². The number of carbonyl (C=O) groups is 1. The second-order valence-corrected chi connectivity index (χ2v) is 4.28. The molecule has 0 aliphatic heterocycles. The van der Waals surface area contributed by atoms with E-state index in [0.29, 0.717) is 18.3 Å². The van der Waals surface area contributed by atoms with E-state index in [1.165, 1.54) is 6.07 Å². The van der Waals surface area contributed by atoms with Crippen molar-refractivity contribution in [2.24, 2.45) is 0 Å². The zero-order valence-electron chi connectivity index (χ0n) is 11.2. The third kappa shape index (κ3) is 4.33. The van der Waals surface area contributed by atoms with E-state index in [4.69, 9.17) is 0 Å². The molecular weight excluding hydrogens is 230 g/mol. The van der Waals surface area contributed by atoms with Gasteiger partial charge in [-0.2, -0.15) is 0 Å². The molecule has 0 spiro atoms. The van der Waals surface area contributed by atoms with E-state index >= 15 is 0 Å². The molecule has 0 aliphatic carbocycles. The fourth-order valence-corrected chi connectivity index (χ4v) is 1.47. The van der Waals surface area contributed by atoms with Crippen LogP contribution in [0.1, 0.15) is 27.2 Å². The van der Waals surface area contributed by atoms with Crippen LogP contribution >= 0.6 is 0 Å². The number of carbonyl (C=O) groups excluding carboxylic acids is 1. The molecule has 1 aromatic rings. The van der Waals surface area contributed by atoms with E-state index in [1.54, 1.807) is 16.8 Å². The Morgan fingerprint density at radius 2 is 2.11 bits per heavy atom. The number of anilines is 1.